The highest BCUT2D eigenvalue weighted by Gasteiger charge is 2.24. The minimum atomic E-state index is -3.04. The van der Waals surface area contributed by atoms with Gasteiger partial charge in [-0.15, -0.1) is 0 Å². The highest BCUT2D eigenvalue weighted by molar-refractivity contribution is 7.88. The van der Waals surface area contributed by atoms with E-state index in [-0.39, 0.29) is 0 Å². The molecule has 7 heteroatoms. The molecule has 1 saturated heterocycles. The maximum absolute atomic E-state index is 11.5. The van der Waals surface area contributed by atoms with Crippen molar-refractivity contribution in [1.29, 1.82) is 0 Å². The number of hydrogen-bond acceptors (Lipinski definition) is 4. The molecule has 0 radical (unpaired) electrons. The summed E-state index contributed by atoms with van der Waals surface area (Å²) in [5.74, 6) is 0. The molecule has 1 N–H and O–H groups in total. The molecule has 0 spiro atoms. The van der Waals surface area contributed by atoms with Crippen molar-refractivity contribution in [2.75, 3.05) is 19.3 Å². The van der Waals surface area contributed by atoms with Crippen LogP contribution in [0.5, 0.6) is 0 Å². The van der Waals surface area contributed by atoms with E-state index in [1.807, 2.05) is 35.0 Å². The Balaban J connectivity index is 1.54. The molecule has 6 nitrogen and oxygen atoms in total. The van der Waals surface area contributed by atoms with Crippen LogP contribution in [0.25, 0.3) is 5.65 Å². The molecule has 0 bridgehead atoms. The van der Waals surface area contributed by atoms with Crippen LogP contribution >= 0.6 is 0 Å². The van der Waals surface area contributed by atoms with Crippen molar-refractivity contribution in [3.63, 3.8) is 0 Å². The van der Waals surface area contributed by atoms with Crippen molar-refractivity contribution in [1.82, 2.24) is 19.0 Å². The number of nitrogens with one attached hydrogen (secondary N) is 1. The van der Waals surface area contributed by atoms with Gasteiger partial charge in [0.25, 0.3) is 0 Å². The number of piperidine rings is 1. The fourth-order valence-corrected chi connectivity index (χ4v) is 3.59. The molecular weight excluding hydrogens is 288 g/mol. The maximum atomic E-state index is 11.5. The van der Waals surface area contributed by atoms with Crippen molar-refractivity contribution in [3.8, 4) is 0 Å². The number of aromatic nitrogens is 2. The second kappa shape index (κ2) is 5.75. The topological polar surface area (TPSA) is 66.7 Å². The van der Waals surface area contributed by atoms with Crippen molar-refractivity contribution in [2.45, 2.75) is 25.4 Å². The van der Waals surface area contributed by atoms with Gasteiger partial charge in [0.2, 0.25) is 10.0 Å². The van der Waals surface area contributed by atoms with Crippen LogP contribution in [-0.4, -0.2) is 47.5 Å². The minimum absolute atomic E-state index is 0.354. The SMILES string of the molecule is CS(=O)(=O)N1CCC(NCc2cn3ccccc3n2)CC1. The Morgan fingerprint density at radius 1 is 1.33 bits per heavy atom. The molecule has 0 atom stereocenters. The van der Waals surface area contributed by atoms with E-state index in [2.05, 4.69) is 10.3 Å². The fraction of sp³-hybridized carbons (Fsp3) is 0.500. The third kappa shape index (κ3) is 3.42. The number of nitrogens with zero attached hydrogens (tertiary/aromatic N) is 3. The summed E-state index contributed by atoms with van der Waals surface area (Å²) >= 11 is 0. The standard InChI is InChI=1S/C14H20N4O2S/c1-21(19,20)18-8-5-12(6-9-18)15-10-13-11-17-7-3-2-4-14(17)16-13/h2-4,7,11-12,15H,5-6,8-10H2,1H3. The zero-order valence-corrected chi connectivity index (χ0v) is 12.9. The monoisotopic (exact) mass is 308 g/mol. The van der Waals surface area contributed by atoms with Crippen molar-refractivity contribution in [3.05, 3.63) is 36.3 Å². The highest BCUT2D eigenvalue weighted by atomic mass is 32.2. The minimum Gasteiger partial charge on any atom is -0.308 e. The van der Waals surface area contributed by atoms with Crippen LogP contribution in [-0.2, 0) is 16.6 Å². The Morgan fingerprint density at radius 3 is 2.76 bits per heavy atom. The van der Waals surface area contributed by atoms with Crippen molar-refractivity contribution in [2.24, 2.45) is 0 Å². The molecule has 0 unspecified atom stereocenters. The van der Waals surface area contributed by atoms with E-state index in [1.54, 1.807) is 4.31 Å². The summed E-state index contributed by atoms with van der Waals surface area (Å²) in [4.78, 5) is 4.55. The molecule has 3 heterocycles. The lowest BCUT2D eigenvalue weighted by molar-refractivity contribution is 0.289. The number of rotatable bonds is 4. The van der Waals surface area contributed by atoms with Gasteiger partial charge in [-0.25, -0.2) is 17.7 Å². The molecule has 0 aliphatic carbocycles. The largest absolute Gasteiger partial charge is 0.308 e. The summed E-state index contributed by atoms with van der Waals surface area (Å²) in [5.41, 5.74) is 1.95. The predicted octanol–water partition coefficient (Wildman–Crippen LogP) is 0.848. The van der Waals surface area contributed by atoms with Crippen LogP contribution in [0.15, 0.2) is 30.6 Å². The smallest absolute Gasteiger partial charge is 0.211 e. The van der Waals surface area contributed by atoms with Crippen LogP contribution in [0.4, 0.5) is 0 Å². The number of pyridine rings is 1. The molecule has 2 aromatic heterocycles. The van der Waals surface area contributed by atoms with Crippen LogP contribution in [0, 0.1) is 0 Å². The number of sulfonamides is 1. The highest BCUT2D eigenvalue weighted by Crippen LogP contribution is 2.14. The van der Waals surface area contributed by atoms with Crippen LogP contribution in [0.1, 0.15) is 18.5 Å². The van der Waals surface area contributed by atoms with Crippen LogP contribution < -0.4 is 5.32 Å². The third-order valence-corrected chi connectivity index (χ3v) is 5.21. The Kier molecular flexibility index (Phi) is 3.97. The molecule has 3 rings (SSSR count). The number of hydrogen-bond donors (Lipinski definition) is 1. The lowest BCUT2D eigenvalue weighted by Gasteiger charge is -2.30. The maximum Gasteiger partial charge on any atom is 0.211 e. The Bertz CT molecular complexity index is 684. The summed E-state index contributed by atoms with van der Waals surface area (Å²) in [6, 6.07) is 6.29. The predicted molar refractivity (Wildman–Crippen MR) is 81.5 cm³/mol. The van der Waals surface area contributed by atoms with Crippen LogP contribution in [0.3, 0.4) is 0 Å². The van der Waals surface area contributed by atoms with Gasteiger partial charge in [-0.2, -0.15) is 0 Å². The molecule has 0 saturated carbocycles. The Hall–Kier alpha value is -1.44. The molecule has 114 valence electrons. The Labute approximate surface area is 124 Å². The average molecular weight is 308 g/mol. The molecule has 21 heavy (non-hydrogen) atoms. The van der Waals surface area contributed by atoms with E-state index in [9.17, 15) is 8.42 Å². The van der Waals surface area contributed by atoms with Gasteiger partial charge in [0, 0.05) is 38.1 Å². The first-order valence-corrected chi connectivity index (χ1v) is 8.98. The first-order chi connectivity index (χ1) is 10.0. The molecule has 0 amide bonds. The van der Waals surface area contributed by atoms with Gasteiger partial charge in [-0.3, -0.25) is 0 Å². The molecule has 2 aromatic rings. The van der Waals surface area contributed by atoms with E-state index >= 15 is 0 Å². The molecule has 1 aliphatic rings. The van der Waals surface area contributed by atoms with Crippen molar-refractivity contribution < 1.29 is 8.42 Å². The van der Waals surface area contributed by atoms with E-state index in [0.717, 1.165) is 24.2 Å². The first-order valence-electron chi connectivity index (χ1n) is 7.13. The van der Waals surface area contributed by atoms with E-state index in [0.29, 0.717) is 25.7 Å². The lowest BCUT2D eigenvalue weighted by Crippen LogP contribution is -2.44. The normalized spacial score (nSPS) is 18.3. The second-order valence-corrected chi connectivity index (χ2v) is 7.50. The van der Waals surface area contributed by atoms with Gasteiger partial charge in [-0.1, -0.05) is 6.07 Å². The van der Waals surface area contributed by atoms with Gasteiger partial charge in [0.05, 0.1) is 11.9 Å². The van der Waals surface area contributed by atoms with Crippen LogP contribution in [0.2, 0.25) is 0 Å². The first kappa shape index (κ1) is 14.5. The van der Waals surface area contributed by atoms with Gasteiger partial charge in [0.15, 0.2) is 0 Å². The molecule has 0 aromatic carbocycles. The van der Waals surface area contributed by atoms with Gasteiger partial charge in [0.1, 0.15) is 5.65 Å². The van der Waals surface area contributed by atoms with E-state index in [1.165, 1.54) is 6.26 Å². The van der Waals surface area contributed by atoms with Gasteiger partial charge >= 0.3 is 0 Å². The summed E-state index contributed by atoms with van der Waals surface area (Å²) in [6.07, 6.45) is 6.97. The second-order valence-electron chi connectivity index (χ2n) is 5.52. The number of imidazole rings is 1. The van der Waals surface area contributed by atoms with Gasteiger partial charge < -0.3 is 9.72 Å². The summed E-state index contributed by atoms with van der Waals surface area (Å²) in [7, 11) is -3.04. The summed E-state index contributed by atoms with van der Waals surface area (Å²) < 4.78 is 26.5. The zero-order chi connectivity index (χ0) is 14.9. The summed E-state index contributed by atoms with van der Waals surface area (Å²) in [5, 5.41) is 3.47. The average Bonchev–Trinajstić information content (AvgIpc) is 2.87. The molecule has 1 aliphatic heterocycles. The van der Waals surface area contributed by atoms with Crippen molar-refractivity contribution >= 4 is 15.7 Å². The molecule has 1 fully saturated rings. The quantitative estimate of drug-likeness (QED) is 0.909. The Morgan fingerprint density at radius 2 is 2.10 bits per heavy atom. The lowest BCUT2D eigenvalue weighted by atomic mass is 10.1. The van der Waals surface area contributed by atoms with E-state index < -0.39 is 10.0 Å². The zero-order valence-electron chi connectivity index (χ0n) is 12.1. The third-order valence-electron chi connectivity index (χ3n) is 3.91. The molecular formula is C14H20N4O2S. The van der Waals surface area contributed by atoms with Gasteiger partial charge in [-0.05, 0) is 25.0 Å². The van der Waals surface area contributed by atoms with E-state index in [4.69, 9.17) is 0 Å². The number of fused-ring (bicyclic) bond motifs is 1. The fourth-order valence-electron chi connectivity index (χ4n) is 2.71. The summed E-state index contributed by atoms with van der Waals surface area (Å²) in [6.45, 7) is 1.91.